The van der Waals surface area contributed by atoms with Crippen molar-refractivity contribution < 1.29 is 4.42 Å². The van der Waals surface area contributed by atoms with Crippen LogP contribution in [0.4, 0.5) is 0 Å². The molecule has 3 heterocycles. The van der Waals surface area contributed by atoms with Crippen LogP contribution in [0.5, 0.6) is 0 Å². The molecule has 0 unspecified atom stereocenters. The average molecular weight is 290 g/mol. The predicted molar refractivity (Wildman–Crippen MR) is 78.5 cm³/mol. The van der Waals surface area contributed by atoms with Gasteiger partial charge in [0.2, 0.25) is 5.89 Å². The standard InChI is InChI=1S/C14H18N4OS/c1-2-7-18(8-3-1)9-10-20-14-17-16-13(19-14)12-5-4-6-15-11-12/h4-6,11H,1-3,7-10H2. The van der Waals surface area contributed by atoms with Crippen LogP contribution in [0.3, 0.4) is 0 Å². The largest absolute Gasteiger partial charge is 0.411 e. The maximum absolute atomic E-state index is 5.64. The van der Waals surface area contributed by atoms with Crippen molar-refractivity contribution in [1.29, 1.82) is 0 Å². The molecule has 0 amide bonds. The molecule has 6 heteroatoms. The number of likely N-dealkylation sites (tertiary alicyclic amines) is 1. The van der Waals surface area contributed by atoms with Crippen LogP contribution in [0.25, 0.3) is 11.5 Å². The molecule has 0 aliphatic carbocycles. The van der Waals surface area contributed by atoms with Crippen molar-refractivity contribution in [2.75, 3.05) is 25.4 Å². The zero-order valence-corrected chi connectivity index (χ0v) is 12.2. The zero-order chi connectivity index (χ0) is 13.6. The van der Waals surface area contributed by atoms with Gasteiger partial charge >= 0.3 is 0 Å². The number of aromatic nitrogens is 3. The molecule has 0 bridgehead atoms. The van der Waals surface area contributed by atoms with E-state index in [0.29, 0.717) is 11.1 Å². The average Bonchev–Trinajstić information content (AvgIpc) is 2.98. The van der Waals surface area contributed by atoms with Crippen molar-refractivity contribution in [3.05, 3.63) is 24.5 Å². The SMILES string of the molecule is c1cncc(-c2nnc(SCCN3CCCCC3)o2)c1. The molecule has 1 aliphatic heterocycles. The van der Waals surface area contributed by atoms with E-state index in [9.17, 15) is 0 Å². The minimum Gasteiger partial charge on any atom is -0.411 e. The third-order valence-corrected chi connectivity index (χ3v) is 4.20. The van der Waals surface area contributed by atoms with E-state index < -0.39 is 0 Å². The maximum atomic E-state index is 5.64. The third-order valence-electron chi connectivity index (χ3n) is 3.40. The molecule has 20 heavy (non-hydrogen) atoms. The minimum absolute atomic E-state index is 0.540. The summed E-state index contributed by atoms with van der Waals surface area (Å²) in [6.45, 7) is 3.55. The molecule has 106 valence electrons. The van der Waals surface area contributed by atoms with Gasteiger partial charge in [0.25, 0.3) is 5.22 Å². The molecule has 0 saturated carbocycles. The predicted octanol–water partition coefficient (Wildman–Crippen LogP) is 2.71. The lowest BCUT2D eigenvalue weighted by Crippen LogP contribution is -2.31. The molecular formula is C14H18N4OS. The molecule has 0 radical (unpaired) electrons. The summed E-state index contributed by atoms with van der Waals surface area (Å²) < 4.78 is 5.64. The summed E-state index contributed by atoms with van der Waals surface area (Å²) in [6.07, 6.45) is 7.50. The fourth-order valence-electron chi connectivity index (χ4n) is 2.32. The first kappa shape index (κ1) is 13.6. The Morgan fingerprint density at radius 1 is 1.20 bits per heavy atom. The highest BCUT2D eigenvalue weighted by atomic mass is 32.2. The second-order valence-electron chi connectivity index (χ2n) is 4.87. The second-order valence-corrected chi connectivity index (χ2v) is 5.91. The van der Waals surface area contributed by atoms with Gasteiger partial charge in [0.05, 0.1) is 5.56 Å². The van der Waals surface area contributed by atoms with Gasteiger partial charge in [-0.05, 0) is 38.1 Å². The Bertz CT molecular complexity index is 525. The maximum Gasteiger partial charge on any atom is 0.276 e. The van der Waals surface area contributed by atoms with Gasteiger partial charge in [-0.2, -0.15) is 0 Å². The Morgan fingerprint density at radius 2 is 2.10 bits per heavy atom. The number of rotatable bonds is 5. The van der Waals surface area contributed by atoms with Gasteiger partial charge in [-0.25, -0.2) is 0 Å². The van der Waals surface area contributed by atoms with Crippen molar-refractivity contribution in [2.24, 2.45) is 0 Å². The summed E-state index contributed by atoms with van der Waals surface area (Å²) in [7, 11) is 0. The summed E-state index contributed by atoms with van der Waals surface area (Å²) in [4.78, 5) is 6.56. The van der Waals surface area contributed by atoms with Crippen LogP contribution in [0.1, 0.15) is 19.3 Å². The smallest absolute Gasteiger partial charge is 0.276 e. The number of piperidine rings is 1. The zero-order valence-electron chi connectivity index (χ0n) is 11.4. The highest BCUT2D eigenvalue weighted by Gasteiger charge is 2.12. The minimum atomic E-state index is 0.540. The van der Waals surface area contributed by atoms with Gasteiger partial charge in [0, 0.05) is 24.7 Å². The van der Waals surface area contributed by atoms with Gasteiger partial charge in [-0.1, -0.05) is 18.2 Å². The molecule has 0 spiro atoms. The van der Waals surface area contributed by atoms with Crippen LogP contribution in [0.15, 0.2) is 34.2 Å². The number of hydrogen-bond acceptors (Lipinski definition) is 6. The topological polar surface area (TPSA) is 55.1 Å². The Kier molecular flexibility index (Phi) is 4.65. The van der Waals surface area contributed by atoms with Gasteiger partial charge in [-0.3, -0.25) is 4.98 Å². The third kappa shape index (κ3) is 3.58. The van der Waals surface area contributed by atoms with E-state index in [1.165, 1.54) is 32.4 Å². The number of nitrogens with zero attached hydrogens (tertiary/aromatic N) is 4. The summed E-state index contributed by atoms with van der Waals surface area (Å²) in [5.74, 6) is 1.54. The van der Waals surface area contributed by atoms with Crippen LogP contribution in [0.2, 0.25) is 0 Å². The molecule has 5 nitrogen and oxygen atoms in total. The lowest BCUT2D eigenvalue weighted by Gasteiger charge is -2.25. The van der Waals surface area contributed by atoms with Crippen molar-refractivity contribution >= 4 is 11.8 Å². The van der Waals surface area contributed by atoms with Gasteiger partial charge in [0.15, 0.2) is 0 Å². The van der Waals surface area contributed by atoms with E-state index in [-0.39, 0.29) is 0 Å². The fraction of sp³-hybridized carbons (Fsp3) is 0.500. The van der Waals surface area contributed by atoms with Crippen LogP contribution >= 0.6 is 11.8 Å². The normalized spacial score (nSPS) is 16.4. The van der Waals surface area contributed by atoms with Crippen LogP contribution < -0.4 is 0 Å². The molecule has 2 aromatic heterocycles. The molecule has 1 fully saturated rings. The molecule has 0 aromatic carbocycles. The molecule has 0 atom stereocenters. The molecular weight excluding hydrogens is 272 g/mol. The summed E-state index contributed by atoms with van der Waals surface area (Å²) >= 11 is 1.63. The summed E-state index contributed by atoms with van der Waals surface area (Å²) in [5.41, 5.74) is 0.864. The van der Waals surface area contributed by atoms with Crippen LogP contribution in [-0.4, -0.2) is 45.5 Å². The van der Waals surface area contributed by atoms with Crippen molar-refractivity contribution in [3.63, 3.8) is 0 Å². The molecule has 3 rings (SSSR count). The van der Waals surface area contributed by atoms with Crippen molar-refractivity contribution in [1.82, 2.24) is 20.1 Å². The lowest BCUT2D eigenvalue weighted by molar-refractivity contribution is 0.242. The Hall–Kier alpha value is -1.40. The lowest BCUT2D eigenvalue weighted by atomic mass is 10.1. The van der Waals surface area contributed by atoms with E-state index in [0.717, 1.165) is 17.9 Å². The van der Waals surface area contributed by atoms with Crippen LogP contribution in [0, 0.1) is 0 Å². The van der Waals surface area contributed by atoms with Crippen LogP contribution in [-0.2, 0) is 0 Å². The quantitative estimate of drug-likeness (QED) is 0.789. The van der Waals surface area contributed by atoms with Crippen molar-refractivity contribution in [3.8, 4) is 11.5 Å². The number of thioether (sulfide) groups is 1. The van der Waals surface area contributed by atoms with E-state index in [4.69, 9.17) is 4.42 Å². The molecule has 1 saturated heterocycles. The van der Waals surface area contributed by atoms with Gasteiger partial charge < -0.3 is 9.32 Å². The second kappa shape index (κ2) is 6.85. The number of pyridine rings is 1. The molecule has 0 N–H and O–H groups in total. The first-order valence-corrected chi connectivity index (χ1v) is 7.99. The first-order chi connectivity index (χ1) is 9.92. The first-order valence-electron chi connectivity index (χ1n) is 7.01. The van der Waals surface area contributed by atoms with Crippen molar-refractivity contribution in [2.45, 2.75) is 24.5 Å². The Balaban J connectivity index is 1.50. The fourth-order valence-corrected chi connectivity index (χ4v) is 3.08. The van der Waals surface area contributed by atoms with E-state index in [1.807, 2.05) is 12.1 Å². The summed E-state index contributed by atoms with van der Waals surface area (Å²) in [6, 6.07) is 3.78. The monoisotopic (exact) mass is 290 g/mol. The highest BCUT2D eigenvalue weighted by Crippen LogP contribution is 2.22. The van der Waals surface area contributed by atoms with E-state index >= 15 is 0 Å². The van der Waals surface area contributed by atoms with E-state index in [1.54, 1.807) is 24.2 Å². The summed E-state index contributed by atoms with van der Waals surface area (Å²) in [5, 5.41) is 8.78. The van der Waals surface area contributed by atoms with E-state index in [2.05, 4.69) is 20.1 Å². The Morgan fingerprint density at radius 3 is 2.90 bits per heavy atom. The molecule has 2 aromatic rings. The van der Waals surface area contributed by atoms with Gasteiger partial charge in [0.1, 0.15) is 0 Å². The molecule has 1 aliphatic rings. The van der Waals surface area contributed by atoms with Gasteiger partial charge in [-0.15, -0.1) is 10.2 Å². The Labute approximate surface area is 122 Å². The number of hydrogen-bond donors (Lipinski definition) is 0. The highest BCUT2D eigenvalue weighted by molar-refractivity contribution is 7.99.